The highest BCUT2D eigenvalue weighted by atomic mass is 35.5. The Morgan fingerprint density at radius 1 is 1.12 bits per heavy atom. The van der Waals surface area contributed by atoms with Gasteiger partial charge in [0, 0.05) is 16.6 Å². The van der Waals surface area contributed by atoms with Crippen LogP contribution in [0.1, 0.15) is 26.2 Å². The first-order valence-electron chi connectivity index (χ1n) is 5.41. The highest BCUT2D eigenvalue weighted by Crippen LogP contribution is 2.22. The lowest BCUT2D eigenvalue weighted by Gasteiger charge is -2.07. The molecule has 0 saturated carbocycles. The quantitative estimate of drug-likeness (QED) is 0.817. The minimum Gasteiger partial charge on any atom is -0.211 e. The van der Waals surface area contributed by atoms with Crippen molar-refractivity contribution in [1.29, 1.82) is 0 Å². The van der Waals surface area contributed by atoms with Gasteiger partial charge in [-0.3, -0.25) is 0 Å². The fraction of sp³-hybridized carbons (Fsp3) is 0.455. The van der Waals surface area contributed by atoms with Crippen molar-refractivity contribution in [2.24, 2.45) is 0 Å². The molecule has 0 aliphatic carbocycles. The van der Waals surface area contributed by atoms with Crippen LogP contribution in [0.2, 0.25) is 10.0 Å². The van der Waals surface area contributed by atoms with Gasteiger partial charge in [-0.1, -0.05) is 43.0 Å². The lowest BCUT2D eigenvalue weighted by molar-refractivity contribution is 0.576. The van der Waals surface area contributed by atoms with Gasteiger partial charge in [-0.05, 0) is 24.6 Å². The number of hydrogen-bond donors (Lipinski definition) is 1. The molecule has 0 saturated heterocycles. The number of unbranched alkanes of at least 4 members (excludes halogenated alkanes) is 2. The Bertz CT molecular complexity index is 454. The van der Waals surface area contributed by atoms with Gasteiger partial charge in [0.05, 0.1) is 4.90 Å². The van der Waals surface area contributed by atoms with E-state index in [1.54, 1.807) is 0 Å². The molecule has 0 aliphatic heterocycles. The first kappa shape index (κ1) is 14.8. The number of hydrogen-bond acceptors (Lipinski definition) is 2. The highest BCUT2D eigenvalue weighted by Gasteiger charge is 2.14. The maximum atomic E-state index is 11.9. The van der Waals surface area contributed by atoms with Gasteiger partial charge in [0.2, 0.25) is 10.0 Å². The molecule has 1 aromatic carbocycles. The van der Waals surface area contributed by atoms with E-state index in [1.807, 2.05) is 0 Å². The molecular formula is C11H15Cl2NO2S. The van der Waals surface area contributed by atoms with Crippen LogP contribution in [-0.4, -0.2) is 15.0 Å². The van der Waals surface area contributed by atoms with E-state index in [0.29, 0.717) is 16.6 Å². The molecule has 6 heteroatoms. The minimum absolute atomic E-state index is 0.103. The van der Waals surface area contributed by atoms with E-state index < -0.39 is 10.0 Å². The van der Waals surface area contributed by atoms with Crippen LogP contribution in [0.5, 0.6) is 0 Å². The van der Waals surface area contributed by atoms with Crippen LogP contribution < -0.4 is 4.72 Å². The fourth-order valence-corrected chi connectivity index (χ4v) is 3.15. The topological polar surface area (TPSA) is 46.2 Å². The van der Waals surface area contributed by atoms with Gasteiger partial charge < -0.3 is 0 Å². The summed E-state index contributed by atoms with van der Waals surface area (Å²) >= 11 is 11.5. The Kier molecular flexibility index (Phi) is 5.73. The molecule has 0 amide bonds. The van der Waals surface area contributed by atoms with Crippen LogP contribution in [0, 0.1) is 0 Å². The SMILES string of the molecule is CCCCCNS(=O)(=O)c1cc(Cl)cc(Cl)c1. The average molecular weight is 296 g/mol. The molecular weight excluding hydrogens is 281 g/mol. The molecule has 17 heavy (non-hydrogen) atoms. The highest BCUT2D eigenvalue weighted by molar-refractivity contribution is 7.89. The molecule has 0 bridgehead atoms. The summed E-state index contributed by atoms with van der Waals surface area (Å²) in [6.07, 6.45) is 2.87. The van der Waals surface area contributed by atoms with Crippen LogP contribution in [-0.2, 0) is 10.0 Å². The first-order valence-corrected chi connectivity index (χ1v) is 7.65. The third-order valence-electron chi connectivity index (χ3n) is 2.22. The molecule has 0 atom stereocenters. The van der Waals surface area contributed by atoms with Gasteiger partial charge in [-0.25, -0.2) is 13.1 Å². The summed E-state index contributed by atoms with van der Waals surface area (Å²) in [6, 6.07) is 4.27. The van der Waals surface area contributed by atoms with Crippen molar-refractivity contribution < 1.29 is 8.42 Å². The zero-order valence-electron chi connectivity index (χ0n) is 9.54. The number of sulfonamides is 1. The Hall–Kier alpha value is -0.290. The zero-order valence-corrected chi connectivity index (χ0v) is 11.9. The Labute approximate surface area is 112 Å². The van der Waals surface area contributed by atoms with Crippen molar-refractivity contribution in [1.82, 2.24) is 4.72 Å². The summed E-state index contributed by atoms with van der Waals surface area (Å²) in [7, 11) is -3.50. The summed E-state index contributed by atoms with van der Waals surface area (Å²) in [5.74, 6) is 0. The largest absolute Gasteiger partial charge is 0.240 e. The number of rotatable bonds is 6. The molecule has 1 N–H and O–H groups in total. The standard InChI is InChI=1S/C11H15Cl2NO2S/c1-2-3-4-5-14-17(15,16)11-7-9(12)6-10(13)8-11/h6-8,14H,2-5H2,1H3. The van der Waals surface area contributed by atoms with Crippen molar-refractivity contribution in [2.75, 3.05) is 6.54 Å². The molecule has 3 nitrogen and oxygen atoms in total. The number of halogens is 2. The molecule has 0 aliphatic rings. The van der Waals surface area contributed by atoms with Gasteiger partial charge >= 0.3 is 0 Å². The predicted molar refractivity (Wildman–Crippen MR) is 71.2 cm³/mol. The Morgan fingerprint density at radius 2 is 1.71 bits per heavy atom. The second-order valence-corrected chi connectivity index (χ2v) is 6.35. The normalized spacial score (nSPS) is 11.7. The maximum absolute atomic E-state index is 11.9. The maximum Gasteiger partial charge on any atom is 0.240 e. The van der Waals surface area contributed by atoms with Crippen molar-refractivity contribution in [3.05, 3.63) is 28.2 Å². The Morgan fingerprint density at radius 3 is 2.24 bits per heavy atom. The van der Waals surface area contributed by atoms with Crippen LogP contribution in [0.3, 0.4) is 0 Å². The molecule has 0 aromatic heterocycles. The van der Waals surface area contributed by atoms with Gasteiger partial charge in [0.1, 0.15) is 0 Å². The van der Waals surface area contributed by atoms with Crippen molar-refractivity contribution in [2.45, 2.75) is 31.1 Å². The van der Waals surface area contributed by atoms with Crippen LogP contribution >= 0.6 is 23.2 Å². The second kappa shape index (κ2) is 6.59. The monoisotopic (exact) mass is 295 g/mol. The van der Waals surface area contributed by atoms with Crippen LogP contribution in [0.15, 0.2) is 23.1 Å². The fourth-order valence-electron chi connectivity index (χ4n) is 1.35. The van der Waals surface area contributed by atoms with Gasteiger partial charge in [-0.2, -0.15) is 0 Å². The van der Waals surface area contributed by atoms with E-state index in [9.17, 15) is 8.42 Å². The van der Waals surface area contributed by atoms with E-state index in [0.717, 1.165) is 19.3 Å². The van der Waals surface area contributed by atoms with E-state index in [1.165, 1.54) is 18.2 Å². The third-order valence-corrected chi connectivity index (χ3v) is 4.10. The lowest BCUT2D eigenvalue weighted by atomic mass is 10.3. The molecule has 0 unspecified atom stereocenters. The van der Waals surface area contributed by atoms with Crippen molar-refractivity contribution in [3.63, 3.8) is 0 Å². The Balaban J connectivity index is 2.75. The lowest BCUT2D eigenvalue weighted by Crippen LogP contribution is -2.24. The van der Waals surface area contributed by atoms with Gasteiger partial charge in [0.25, 0.3) is 0 Å². The number of benzene rings is 1. The van der Waals surface area contributed by atoms with Gasteiger partial charge in [-0.15, -0.1) is 0 Å². The summed E-state index contributed by atoms with van der Waals surface area (Å²) in [4.78, 5) is 0.103. The summed E-state index contributed by atoms with van der Waals surface area (Å²) in [5, 5.41) is 0.623. The van der Waals surface area contributed by atoms with Crippen LogP contribution in [0.25, 0.3) is 0 Å². The smallest absolute Gasteiger partial charge is 0.211 e. The van der Waals surface area contributed by atoms with Crippen molar-refractivity contribution >= 4 is 33.2 Å². The molecule has 0 heterocycles. The first-order chi connectivity index (χ1) is 7.95. The molecule has 96 valence electrons. The predicted octanol–water partition coefficient (Wildman–Crippen LogP) is 3.46. The summed E-state index contributed by atoms with van der Waals surface area (Å²) in [5.41, 5.74) is 0. The zero-order chi connectivity index (χ0) is 12.9. The summed E-state index contributed by atoms with van der Waals surface area (Å²) < 4.78 is 26.3. The molecule has 0 radical (unpaired) electrons. The van der Waals surface area contributed by atoms with E-state index in [4.69, 9.17) is 23.2 Å². The van der Waals surface area contributed by atoms with Crippen LogP contribution in [0.4, 0.5) is 0 Å². The van der Waals surface area contributed by atoms with E-state index in [2.05, 4.69) is 11.6 Å². The van der Waals surface area contributed by atoms with E-state index in [-0.39, 0.29) is 4.90 Å². The van der Waals surface area contributed by atoms with Gasteiger partial charge in [0.15, 0.2) is 0 Å². The summed E-state index contributed by atoms with van der Waals surface area (Å²) in [6.45, 7) is 2.49. The average Bonchev–Trinajstić information content (AvgIpc) is 2.23. The van der Waals surface area contributed by atoms with Crippen molar-refractivity contribution in [3.8, 4) is 0 Å². The molecule has 1 aromatic rings. The third kappa shape index (κ3) is 4.84. The number of nitrogens with one attached hydrogen (secondary N) is 1. The second-order valence-electron chi connectivity index (χ2n) is 3.71. The molecule has 0 spiro atoms. The minimum atomic E-state index is -3.50. The van der Waals surface area contributed by atoms with E-state index >= 15 is 0 Å². The molecule has 1 rings (SSSR count). The molecule has 0 fully saturated rings.